The molecule has 8 nitrogen and oxygen atoms in total. The Balaban J connectivity index is 1.46. The van der Waals surface area contributed by atoms with Crippen LogP contribution in [0.3, 0.4) is 0 Å². The van der Waals surface area contributed by atoms with Gasteiger partial charge in [0.1, 0.15) is 24.2 Å². The molecule has 1 N–H and O–H groups in total. The van der Waals surface area contributed by atoms with Crippen LogP contribution in [0, 0.1) is 24.1 Å². The van der Waals surface area contributed by atoms with Crippen LogP contribution in [0.15, 0.2) is 55.0 Å². The third-order valence-electron chi connectivity index (χ3n) is 5.03. The maximum atomic E-state index is 15.0. The lowest BCUT2D eigenvalue weighted by atomic mass is 10.1. The fraction of sp³-hybridized carbons (Fsp3) is 0.130. The van der Waals surface area contributed by atoms with E-state index in [1.165, 1.54) is 0 Å². The van der Waals surface area contributed by atoms with Gasteiger partial charge in [0.25, 0.3) is 0 Å². The van der Waals surface area contributed by atoms with Crippen molar-refractivity contribution in [3.8, 4) is 23.3 Å². The first-order valence-electron chi connectivity index (χ1n) is 9.88. The van der Waals surface area contributed by atoms with Gasteiger partial charge in [-0.15, -0.1) is 5.10 Å². The number of benzene rings is 2. The van der Waals surface area contributed by atoms with E-state index in [2.05, 4.69) is 26.3 Å². The highest BCUT2D eigenvalue weighted by Gasteiger charge is 2.15. The second kappa shape index (κ2) is 8.00. The number of aryl methyl sites for hydroxylation is 1. The highest BCUT2D eigenvalue weighted by atomic mass is 19.1. The summed E-state index contributed by atoms with van der Waals surface area (Å²) in [5.74, 6) is 0.437. The van der Waals surface area contributed by atoms with Crippen molar-refractivity contribution < 1.29 is 13.9 Å². The molecule has 9 heteroatoms. The molecule has 32 heavy (non-hydrogen) atoms. The van der Waals surface area contributed by atoms with Crippen LogP contribution in [-0.2, 0) is 6.54 Å². The summed E-state index contributed by atoms with van der Waals surface area (Å²) in [6, 6.07) is 12.2. The molecule has 0 amide bonds. The fourth-order valence-corrected chi connectivity index (χ4v) is 3.53. The van der Waals surface area contributed by atoms with Gasteiger partial charge in [0.15, 0.2) is 11.6 Å². The van der Waals surface area contributed by atoms with Gasteiger partial charge < -0.3 is 14.5 Å². The summed E-state index contributed by atoms with van der Waals surface area (Å²) in [5, 5.41) is 18.3. The Morgan fingerprint density at radius 3 is 2.81 bits per heavy atom. The van der Waals surface area contributed by atoms with E-state index in [9.17, 15) is 9.65 Å². The first-order chi connectivity index (χ1) is 15.6. The highest BCUT2D eigenvalue weighted by Crippen LogP contribution is 2.35. The van der Waals surface area contributed by atoms with E-state index < -0.39 is 5.82 Å². The molecule has 0 fully saturated rings. The summed E-state index contributed by atoms with van der Waals surface area (Å²) >= 11 is 0. The van der Waals surface area contributed by atoms with E-state index in [4.69, 9.17) is 9.47 Å². The predicted octanol–water partition coefficient (Wildman–Crippen LogP) is 4.50. The van der Waals surface area contributed by atoms with Crippen molar-refractivity contribution in [2.75, 3.05) is 6.61 Å². The zero-order chi connectivity index (χ0) is 22.1. The van der Waals surface area contributed by atoms with Gasteiger partial charge >= 0.3 is 0 Å². The molecule has 5 rings (SSSR count). The Labute approximate surface area is 181 Å². The quantitative estimate of drug-likeness (QED) is 0.427. The van der Waals surface area contributed by atoms with Gasteiger partial charge in [-0.25, -0.2) is 9.07 Å². The van der Waals surface area contributed by atoms with E-state index in [0.29, 0.717) is 52.0 Å². The van der Waals surface area contributed by atoms with Crippen LogP contribution in [0.1, 0.15) is 11.3 Å². The number of hydrogen-bond donors (Lipinski definition) is 1. The third-order valence-corrected chi connectivity index (χ3v) is 5.03. The average Bonchev–Trinajstić information content (AvgIpc) is 3.45. The SMILES string of the molecule is Cc1cc2c(F)c(Oc3ccnc4cc(OCCn5ccnn5)c(C#N)cc34)ccc2[nH]1. The van der Waals surface area contributed by atoms with Crippen LogP contribution in [0.25, 0.3) is 21.8 Å². The first-order valence-corrected chi connectivity index (χ1v) is 9.88. The summed E-state index contributed by atoms with van der Waals surface area (Å²) in [5.41, 5.74) is 2.45. The monoisotopic (exact) mass is 428 g/mol. The first kappa shape index (κ1) is 19.5. The minimum absolute atomic E-state index is 0.0932. The van der Waals surface area contributed by atoms with Crippen LogP contribution in [0.4, 0.5) is 4.39 Å². The maximum Gasteiger partial charge on any atom is 0.175 e. The van der Waals surface area contributed by atoms with Gasteiger partial charge in [0, 0.05) is 40.4 Å². The number of hydrogen-bond acceptors (Lipinski definition) is 6. The molecule has 0 radical (unpaired) electrons. The zero-order valence-electron chi connectivity index (χ0n) is 17.0. The Hall–Kier alpha value is -4.45. The van der Waals surface area contributed by atoms with Crippen molar-refractivity contribution in [3.63, 3.8) is 0 Å². The number of halogens is 1. The Morgan fingerprint density at radius 1 is 1.09 bits per heavy atom. The van der Waals surface area contributed by atoms with Gasteiger partial charge in [-0.2, -0.15) is 5.26 Å². The number of H-pyrrole nitrogens is 1. The number of nitrogens with zero attached hydrogens (tertiary/aromatic N) is 5. The standard InChI is InChI=1S/C23H17FN6O2/c1-14-10-17-18(28-14)2-3-21(23(17)24)32-20-4-5-26-19-12-22(15(13-25)11-16(19)20)31-9-8-30-7-6-27-29-30/h2-7,10-12,28H,8-9H2,1H3. The molecule has 3 heterocycles. The number of ether oxygens (including phenoxy) is 2. The Bertz CT molecular complexity index is 1470. The Morgan fingerprint density at radius 2 is 2.00 bits per heavy atom. The zero-order valence-corrected chi connectivity index (χ0v) is 17.0. The number of fused-ring (bicyclic) bond motifs is 2. The topological polar surface area (TPSA) is 102 Å². The smallest absolute Gasteiger partial charge is 0.175 e. The van der Waals surface area contributed by atoms with E-state index >= 15 is 0 Å². The Kier molecular flexibility index (Phi) is 4.88. The summed E-state index contributed by atoms with van der Waals surface area (Å²) in [7, 11) is 0. The van der Waals surface area contributed by atoms with Crippen LogP contribution in [0.5, 0.6) is 17.2 Å². The van der Waals surface area contributed by atoms with E-state index in [-0.39, 0.29) is 5.75 Å². The molecule has 0 aliphatic carbocycles. The molecule has 0 saturated heterocycles. The van der Waals surface area contributed by atoms with E-state index in [1.54, 1.807) is 59.7 Å². The van der Waals surface area contributed by atoms with Gasteiger partial charge in [-0.3, -0.25) is 4.98 Å². The van der Waals surface area contributed by atoms with Crippen molar-refractivity contribution >= 4 is 21.8 Å². The normalized spacial score (nSPS) is 11.0. The number of aromatic amines is 1. The van der Waals surface area contributed by atoms with Crippen LogP contribution < -0.4 is 9.47 Å². The molecule has 158 valence electrons. The molecular formula is C23H17FN6O2. The lowest BCUT2D eigenvalue weighted by molar-refractivity contribution is 0.289. The minimum Gasteiger partial charge on any atom is -0.490 e. The molecule has 0 spiro atoms. The number of pyridine rings is 1. The molecule has 0 saturated carbocycles. The largest absolute Gasteiger partial charge is 0.490 e. The minimum atomic E-state index is -0.453. The number of nitriles is 1. The van der Waals surface area contributed by atoms with Crippen molar-refractivity contribution in [1.29, 1.82) is 5.26 Å². The molecule has 2 aromatic carbocycles. The molecule has 0 atom stereocenters. The van der Waals surface area contributed by atoms with Crippen LogP contribution >= 0.6 is 0 Å². The third kappa shape index (κ3) is 3.58. The second-order valence-electron chi connectivity index (χ2n) is 7.19. The summed E-state index contributed by atoms with van der Waals surface area (Å²) in [6.07, 6.45) is 4.88. The second-order valence-corrected chi connectivity index (χ2v) is 7.19. The molecular weight excluding hydrogens is 411 g/mol. The van der Waals surface area contributed by atoms with Gasteiger partial charge in [0.05, 0.1) is 23.8 Å². The number of aromatic nitrogens is 5. The summed E-state index contributed by atoms with van der Waals surface area (Å²) in [6.45, 7) is 2.66. The molecule has 0 bridgehead atoms. The van der Waals surface area contributed by atoms with E-state index in [1.807, 2.05) is 6.92 Å². The number of nitrogens with one attached hydrogen (secondary N) is 1. The predicted molar refractivity (Wildman–Crippen MR) is 115 cm³/mol. The highest BCUT2D eigenvalue weighted by molar-refractivity contribution is 5.88. The van der Waals surface area contributed by atoms with Crippen molar-refractivity contribution in [2.24, 2.45) is 0 Å². The fourth-order valence-electron chi connectivity index (χ4n) is 3.53. The van der Waals surface area contributed by atoms with E-state index in [0.717, 1.165) is 5.69 Å². The number of rotatable bonds is 6. The van der Waals surface area contributed by atoms with Crippen LogP contribution in [0.2, 0.25) is 0 Å². The van der Waals surface area contributed by atoms with Gasteiger partial charge in [0.2, 0.25) is 0 Å². The van der Waals surface area contributed by atoms with Crippen molar-refractivity contribution in [3.05, 3.63) is 72.1 Å². The summed E-state index contributed by atoms with van der Waals surface area (Å²) in [4.78, 5) is 7.46. The average molecular weight is 428 g/mol. The maximum absolute atomic E-state index is 15.0. The molecule has 3 aromatic heterocycles. The lowest BCUT2D eigenvalue weighted by Crippen LogP contribution is -2.09. The van der Waals surface area contributed by atoms with Crippen LogP contribution in [-0.4, -0.2) is 31.6 Å². The molecule has 0 aliphatic rings. The van der Waals surface area contributed by atoms with Crippen molar-refractivity contribution in [1.82, 2.24) is 25.0 Å². The van der Waals surface area contributed by atoms with Crippen molar-refractivity contribution in [2.45, 2.75) is 13.5 Å². The molecule has 5 aromatic rings. The summed E-state index contributed by atoms with van der Waals surface area (Å²) < 4.78 is 28.3. The van der Waals surface area contributed by atoms with Gasteiger partial charge in [-0.05, 0) is 37.3 Å². The van der Waals surface area contributed by atoms with Gasteiger partial charge in [-0.1, -0.05) is 5.21 Å². The lowest BCUT2D eigenvalue weighted by Gasteiger charge is -2.12. The molecule has 0 unspecified atom stereocenters. The molecule has 0 aliphatic heterocycles.